The molecule has 21 heavy (non-hydrogen) atoms. The van der Waals surface area contributed by atoms with Crippen LogP contribution in [0.1, 0.15) is 19.4 Å². The first-order valence-corrected chi connectivity index (χ1v) is 7.15. The molecule has 0 saturated carbocycles. The summed E-state index contributed by atoms with van der Waals surface area (Å²) >= 11 is 0. The maximum Gasteiger partial charge on any atom is 0.330 e. The molecule has 1 aromatic rings. The van der Waals surface area contributed by atoms with E-state index in [-0.39, 0.29) is 5.97 Å². The summed E-state index contributed by atoms with van der Waals surface area (Å²) in [5.74, 6) is 0.493. The van der Waals surface area contributed by atoms with Crippen LogP contribution in [0.15, 0.2) is 24.3 Å². The van der Waals surface area contributed by atoms with Crippen molar-refractivity contribution < 1.29 is 14.3 Å². The van der Waals surface area contributed by atoms with Crippen molar-refractivity contribution in [3.63, 3.8) is 0 Å². The van der Waals surface area contributed by atoms with Gasteiger partial charge in [0.1, 0.15) is 11.3 Å². The minimum Gasteiger partial charge on any atom is -0.497 e. The lowest BCUT2D eigenvalue weighted by Gasteiger charge is -2.30. The highest BCUT2D eigenvalue weighted by Gasteiger charge is 2.36. The van der Waals surface area contributed by atoms with Crippen molar-refractivity contribution >= 4 is 5.97 Å². The van der Waals surface area contributed by atoms with Gasteiger partial charge in [-0.1, -0.05) is 12.1 Å². The third-order valence-electron chi connectivity index (χ3n) is 3.39. The predicted octanol–water partition coefficient (Wildman–Crippen LogP) is 1.62. The summed E-state index contributed by atoms with van der Waals surface area (Å²) in [5.41, 5.74) is -0.00123. The third kappa shape index (κ3) is 4.72. The molecular formula is C16H26N2O3. The fourth-order valence-corrected chi connectivity index (χ4v) is 2.02. The van der Waals surface area contributed by atoms with Crippen molar-refractivity contribution in [1.82, 2.24) is 10.2 Å². The number of likely N-dealkylation sites (N-methyl/N-ethyl adjacent to an activating group) is 1. The van der Waals surface area contributed by atoms with Gasteiger partial charge in [-0.3, -0.25) is 5.32 Å². The van der Waals surface area contributed by atoms with E-state index in [0.29, 0.717) is 13.2 Å². The van der Waals surface area contributed by atoms with Crippen molar-refractivity contribution in [1.29, 1.82) is 0 Å². The lowest BCUT2D eigenvalue weighted by atomic mass is 9.92. The molecule has 0 fully saturated rings. The Morgan fingerprint density at radius 2 is 1.90 bits per heavy atom. The number of hydrogen-bond acceptors (Lipinski definition) is 5. The number of esters is 1. The number of nitrogens with zero attached hydrogens (tertiary/aromatic N) is 1. The van der Waals surface area contributed by atoms with Gasteiger partial charge in [-0.25, -0.2) is 4.79 Å². The molecular weight excluding hydrogens is 268 g/mol. The molecule has 118 valence electrons. The second-order valence-electron chi connectivity index (χ2n) is 5.30. The van der Waals surface area contributed by atoms with Crippen molar-refractivity contribution in [2.75, 3.05) is 40.9 Å². The van der Waals surface area contributed by atoms with E-state index >= 15 is 0 Å². The first-order chi connectivity index (χ1) is 9.93. The highest BCUT2D eigenvalue weighted by molar-refractivity contribution is 5.82. The van der Waals surface area contributed by atoms with Crippen LogP contribution in [0.2, 0.25) is 0 Å². The van der Waals surface area contributed by atoms with Gasteiger partial charge in [-0.15, -0.1) is 0 Å². The average molecular weight is 294 g/mol. The molecule has 0 amide bonds. The summed E-state index contributed by atoms with van der Waals surface area (Å²) in [6.07, 6.45) is 0. The molecule has 5 nitrogen and oxygen atoms in total. The van der Waals surface area contributed by atoms with Crippen LogP contribution in [-0.2, 0) is 15.1 Å². The number of methoxy groups -OCH3 is 1. The van der Waals surface area contributed by atoms with Crippen LogP contribution in [0.5, 0.6) is 5.75 Å². The Kier molecular flexibility index (Phi) is 6.65. The minimum absolute atomic E-state index is 0.270. The maximum absolute atomic E-state index is 12.4. The van der Waals surface area contributed by atoms with Crippen LogP contribution in [0.3, 0.4) is 0 Å². The monoisotopic (exact) mass is 294 g/mol. The zero-order valence-electron chi connectivity index (χ0n) is 13.6. The van der Waals surface area contributed by atoms with Gasteiger partial charge in [0, 0.05) is 13.1 Å². The summed E-state index contributed by atoms with van der Waals surface area (Å²) in [5, 5.41) is 3.31. The first-order valence-electron chi connectivity index (χ1n) is 7.15. The predicted molar refractivity (Wildman–Crippen MR) is 83.5 cm³/mol. The number of carbonyl (C=O) groups excluding carboxylic acids is 1. The van der Waals surface area contributed by atoms with Crippen LogP contribution in [0.25, 0.3) is 0 Å². The van der Waals surface area contributed by atoms with E-state index in [0.717, 1.165) is 17.9 Å². The molecule has 1 N–H and O–H groups in total. The molecule has 0 bridgehead atoms. The van der Waals surface area contributed by atoms with Crippen LogP contribution < -0.4 is 10.1 Å². The largest absolute Gasteiger partial charge is 0.497 e. The molecule has 0 aliphatic rings. The fraction of sp³-hybridized carbons (Fsp3) is 0.562. The highest BCUT2D eigenvalue weighted by atomic mass is 16.5. The van der Waals surface area contributed by atoms with Gasteiger partial charge >= 0.3 is 5.97 Å². The van der Waals surface area contributed by atoms with Gasteiger partial charge in [0.05, 0.1) is 13.7 Å². The molecule has 1 rings (SSSR count). The summed E-state index contributed by atoms with van der Waals surface area (Å²) in [4.78, 5) is 14.4. The molecule has 1 atom stereocenters. The second-order valence-corrected chi connectivity index (χ2v) is 5.30. The fourth-order valence-electron chi connectivity index (χ4n) is 2.02. The normalized spacial score (nSPS) is 13.8. The Bertz CT molecular complexity index is 445. The zero-order valence-corrected chi connectivity index (χ0v) is 13.6. The second kappa shape index (κ2) is 8.00. The molecule has 1 unspecified atom stereocenters. The van der Waals surface area contributed by atoms with Crippen LogP contribution in [0.4, 0.5) is 0 Å². The summed E-state index contributed by atoms with van der Waals surface area (Å²) in [7, 11) is 5.61. The molecule has 0 aliphatic carbocycles. The number of ether oxygens (including phenoxy) is 2. The van der Waals surface area contributed by atoms with E-state index in [2.05, 4.69) is 10.2 Å². The number of rotatable bonds is 8. The van der Waals surface area contributed by atoms with Crippen molar-refractivity contribution in [3.05, 3.63) is 29.8 Å². The Morgan fingerprint density at radius 3 is 2.38 bits per heavy atom. The molecule has 0 heterocycles. The average Bonchev–Trinajstić information content (AvgIpc) is 2.47. The molecule has 0 saturated heterocycles. The lowest BCUT2D eigenvalue weighted by Crippen LogP contribution is -2.49. The van der Waals surface area contributed by atoms with Crippen molar-refractivity contribution in [2.24, 2.45) is 0 Å². The Balaban J connectivity index is 2.95. The van der Waals surface area contributed by atoms with Crippen LogP contribution in [0, 0.1) is 0 Å². The first kappa shape index (κ1) is 17.5. The molecule has 5 heteroatoms. The van der Waals surface area contributed by atoms with Gasteiger partial charge in [-0.05, 0) is 45.6 Å². The maximum atomic E-state index is 12.4. The van der Waals surface area contributed by atoms with E-state index in [1.807, 2.05) is 52.2 Å². The molecule has 0 aliphatic heterocycles. The zero-order chi connectivity index (χ0) is 15.9. The number of carbonyl (C=O) groups is 1. The van der Waals surface area contributed by atoms with Gasteiger partial charge in [0.25, 0.3) is 0 Å². The Hall–Kier alpha value is -1.59. The Morgan fingerprint density at radius 1 is 1.29 bits per heavy atom. The molecule has 0 spiro atoms. The lowest BCUT2D eigenvalue weighted by molar-refractivity contribution is -0.151. The van der Waals surface area contributed by atoms with E-state index in [1.54, 1.807) is 7.11 Å². The van der Waals surface area contributed by atoms with Gasteiger partial charge < -0.3 is 14.4 Å². The third-order valence-corrected chi connectivity index (χ3v) is 3.39. The molecule has 1 aromatic carbocycles. The topological polar surface area (TPSA) is 50.8 Å². The number of hydrogen-bond donors (Lipinski definition) is 1. The quantitative estimate of drug-likeness (QED) is 0.739. The SMILES string of the molecule is CCOC(=O)C(C)(NCCN(C)C)c1ccc(OC)cc1. The van der Waals surface area contributed by atoms with E-state index in [9.17, 15) is 4.79 Å². The molecule has 0 aromatic heterocycles. The number of nitrogens with one attached hydrogen (secondary N) is 1. The standard InChI is InChI=1S/C16H26N2O3/c1-6-21-15(19)16(2,17-11-12-18(3)4)13-7-9-14(20-5)10-8-13/h7-10,17H,6,11-12H2,1-5H3. The van der Waals surface area contributed by atoms with Crippen LogP contribution in [-0.4, -0.2) is 51.8 Å². The molecule has 0 radical (unpaired) electrons. The van der Waals surface area contributed by atoms with E-state index < -0.39 is 5.54 Å². The Labute approximate surface area is 127 Å². The summed E-state index contributed by atoms with van der Waals surface area (Å²) in [6.45, 7) is 5.55. The van der Waals surface area contributed by atoms with Gasteiger partial charge in [0.2, 0.25) is 0 Å². The van der Waals surface area contributed by atoms with Crippen LogP contribution >= 0.6 is 0 Å². The van der Waals surface area contributed by atoms with Gasteiger partial charge in [0.15, 0.2) is 0 Å². The van der Waals surface area contributed by atoms with Crippen molar-refractivity contribution in [2.45, 2.75) is 19.4 Å². The van der Waals surface area contributed by atoms with E-state index in [4.69, 9.17) is 9.47 Å². The van der Waals surface area contributed by atoms with Gasteiger partial charge in [-0.2, -0.15) is 0 Å². The smallest absolute Gasteiger partial charge is 0.330 e. The summed E-state index contributed by atoms with van der Waals surface area (Å²) < 4.78 is 10.4. The minimum atomic E-state index is -0.863. The van der Waals surface area contributed by atoms with Crippen molar-refractivity contribution in [3.8, 4) is 5.75 Å². The van der Waals surface area contributed by atoms with E-state index in [1.165, 1.54) is 0 Å². The summed E-state index contributed by atoms with van der Waals surface area (Å²) in [6, 6.07) is 7.47. The highest BCUT2D eigenvalue weighted by Crippen LogP contribution is 2.24. The number of benzene rings is 1.